The summed E-state index contributed by atoms with van der Waals surface area (Å²) in [7, 11) is 0.981. The van der Waals surface area contributed by atoms with Gasteiger partial charge in [0.2, 0.25) is 5.91 Å². The Morgan fingerprint density at radius 2 is 1.84 bits per heavy atom. The highest BCUT2D eigenvalue weighted by Gasteiger charge is 2.37. The number of carbonyl (C=O) groups excluding carboxylic acids is 3. The average molecular weight is 476 g/mol. The van der Waals surface area contributed by atoms with E-state index in [2.05, 4.69) is 9.47 Å². The summed E-state index contributed by atoms with van der Waals surface area (Å²) in [5.74, 6) is -4.48. The highest BCUT2D eigenvalue weighted by Crippen LogP contribution is 2.44. The van der Waals surface area contributed by atoms with Crippen LogP contribution in [0.2, 0.25) is 5.02 Å². The number of alkyl halides is 3. The van der Waals surface area contributed by atoms with E-state index in [1.807, 2.05) is 5.32 Å². The van der Waals surface area contributed by atoms with Gasteiger partial charge in [0.1, 0.15) is 6.42 Å². The normalized spacial score (nSPS) is 11.1. The van der Waals surface area contributed by atoms with Crippen molar-refractivity contribution in [1.82, 2.24) is 0 Å². The number of esters is 2. The maximum Gasteiger partial charge on any atom is 0.417 e. The molecule has 32 heavy (non-hydrogen) atoms. The van der Waals surface area contributed by atoms with Crippen LogP contribution in [0.1, 0.15) is 34.8 Å². The molecule has 0 atom stereocenters. The molecule has 0 aliphatic carbocycles. The van der Waals surface area contributed by atoms with Crippen molar-refractivity contribution in [2.45, 2.75) is 26.4 Å². The number of benzene rings is 2. The molecule has 11 heteroatoms. The van der Waals surface area contributed by atoms with Crippen molar-refractivity contribution in [3.63, 3.8) is 0 Å². The SMILES string of the molecule is CCOC(=O)CC(=O)Nc1c(C(=O)OC)cc(Cl)c(-c2cccc(C)c2C(F)(F)F)c1F. The first kappa shape index (κ1) is 25.1. The van der Waals surface area contributed by atoms with E-state index >= 15 is 4.39 Å². The van der Waals surface area contributed by atoms with E-state index in [1.165, 1.54) is 26.0 Å². The van der Waals surface area contributed by atoms with Crippen molar-refractivity contribution in [2.75, 3.05) is 19.0 Å². The molecule has 0 aliphatic heterocycles. The van der Waals surface area contributed by atoms with Crippen LogP contribution in [0.25, 0.3) is 11.1 Å². The van der Waals surface area contributed by atoms with Gasteiger partial charge in [0.15, 0.2) is 5.82 Å². The molecule has 0 aliphatic rings. The van der Waals surface area contributed by atoms with E-state index in [0.717, 1.165) is 19.2 Å². The number of aryl methyl sites for hydroxylation is 1. The number of halogens is 5. The lowest BCUT2D eigenvalue weighted by molar-refractivity contribution is -0.145. The Morgan fingerprint density at radius 1 is 1.19 bits per heavy atom. The molecule has 0 bridgehead atoms. The van der Waals surface area contributed by atoms with Crippen LogP contribution < -0.4 is 5.32 Å². The van der Waals surface area contributed by atoms with Crippen LogP contribution in [0.5, 0.6) is 0 Å². The van der Waals surface area contributed by atoms with Crippen LogP contribution in [0, 0.1) is 12.7 Å². The van der Waals surface area contributed by atoms with E-state index < -0.39 is 69.2 Å². The summed E-state index contributed by atoms with van der Waals surface area (Å²) in [5.41, 5.74) is -3.90. The van der Waals surface area contributed by atoms with Gasteiger partial charge in [0, 0.05) is 5.56 Å². The van der Waals surface area contributed by atoms with Crippen molar-refractivity contribution in [3.05, 3.63) is 51.8 Å². The van der Waals surface area contributed by atoms with E-state index in [9.17, 15) is 27.6 Å². The molecular weight excluding hydrogens is 458 g/mol. The molecule has 0 unspecified atom stereocenters. The Kier molecular flexibility index (Phi) is 7.84. The van der Waals surface area contributed by atoms with Crippen LogP contribution >= 0.6 is 11.6 Å². The summed E-state index contributed by atoms with van der Waals surface area (Å²) in [6.07, 6.45) is -5.66. The minimum Gasteiger partial charge on any atom is -0.466 e. The first-order chi connectivity index (χ1) is 14.9. The summed E-state index contributed by atoms with van der Waals surface area (Å²) in [6.45, 7) is 2.70. The monoisotopic (exact) mass is 475 g/mol. The summed E-state index contributed by atoms with van der Waals surface area (Å²) in [5, 5.41) is 1.53. The number of amides is 1. The Labute approximate surface area is 185 Å². The molecule has 2 rings (SSSR count). The third kappa shape index (κ3) is 5.37. The van der Waals surface area contributed by atoms with Gasteiger partial charge in [0.05, 0.1) is 35.6 Å². The van der Waals surface area contributed by atoms with Crippen molar-refractivity contribution in [1.29, 1.82) is 0 Å². The molecule has 0 saturated carbocycles. The second-order valence-corrected chi connectivity index (χ2v) is 6.89. The molecule has 0 saturated heterocycles. The van der Waals surface area contributed by atoms with Gasteiger partial charge in [-0.15, -0.1) is 0 Å². The van der Waals surface area contributed by atoms with Gasteiger partial charge < -0.3 is 14.8 Å². The molecule has 0 spiro atoms. The molecule has 2 aromatic carbocycles. The molecule has 0 fully saturated rings. The summed E-state index contributed by atoms with van der Waals surface area (Å²) >= 11 is 6.08. The van der Waals surface area contributed by atoms with Crippen LogP contribution in [0.15, 0.2) is 24.3 Å². The lowest BCUT2D eigenvalue weighted by Crippen LogP contribution is -2.21. The maximum absolute atomic E-state index is 15.5. The van der Waals surface area contributed by atoms with Gasteiger partial charge in [0.25, 0.3) is 0 Å². The van der Waals surface area contributed by atoms with Gasteiger partial charge in [-0.1, -0.05) is 29.8 Å². The first-order valence-corrected chi connectivity index (χ1v) is 9.53. The van der Waals surface area contributed by atoms with Gasteiger partial charge in [-0.3, -0.25) is 9.59 Å². The van der Waals surface area contributed by atoms with Gasteiger partial charge in [-0.2, -0.15) is 13.2 Å². The van der Waals surface area contributed by atoms with Gasteiger partial charge in [-0.25, -0.2) is 9.18 Å². The van der Waals surface area contributed by atoms with Crippen LogP contribution in [0.4, 0.5) is 23.2 Å². The van der Waals surface area contributed by atoms with Crippen molar-refractivity contribution >= 4 is 35.1 Å². The number of carbonyl (C=O) groups is 3. The van der Waals surface area contributed by atoms with Crippen molar-refractivity contribution in [3.8, 4) is 11.1 Å². The Bertz CT molecular complexity index is 1070. The number of hydrogen-bond donors (Lipinski definition) is 1. The van der Waals surface area contributed by atoms with Gasteiger partial charge >= 0.3 is 18.1 Å². The number of hydrogen-bond acceptors (Lipinski definition) is 5. The van der Waals surface area contributed by atoms with Crippen molar-refractivity contribution in [2.24, 2.45) is 0 Å². The fourth-order valence-electron chi connectivity index (χ4n) is 3.04. The van der Waals surface area contributed by atoms with Crippen molar-refractivity contribution < 1.29 is 41.4 Å². The minimum atomic E-state index is -4.84. The topological polar surface area (TPSA) is 81.7 Å². The molecule has 2 aromatic rings. The lowest BCUT2D eigenvalue weighted by Gasteiger charge is -2.20. The highest BCUT2D eigenvalue weighted by atomic mass is 35.5. The van der Waals surface area contributed by atoms with Gasteiger partial charge in [-0.05, 0) is 31.0 Å². The van der Waals surface area contributed by atoms with Crippen LogP contribution in [0.3, 0.4) is 0 Å². The number of ether oxygens (including phenoxy) is 2. The molecule has 1 N–H and O–H groups in total. The van der Waals surface area contributed by atoms with E-state index in [4.69, 9.17) is 11.6 Å². The quantitative estimate of drug-likeness (QED) is 0.355. The minimum absolute atomic E-state index is 0.00739. The third-order valence-electron chi connectivity index (χ3n) is 4.32. The number of methoxy groups -OCH3 is 1. The summed E-state index contributed by atoms with van der Waals surface area (Å²) < 4.78 is 65.8. The second-order valence-electron chi connectivity index (χ2n) is 6.49. The lowest BCUT2D eigenvalue weighted by atomic mass is 9.93. The zero-order valence-electron chi connectivity index (χ0n) is 17.2. The van der Waals surface area contributed by atoms with E-state index in [0.29, 0.717) is 0 Å². The Hall–Kier alpha value is -3.14. The average Bonchev–Trinajstić information content (AvgIpc) is 2.68. The zero-order chi connectivity index (χ0) is 24.2. The van der Waals surface area contributed by atoms with E-state index in [-0.39, 0.29) is 12.2 Å². The fourth-order valence-corrected chi connectivity index (χ4v) is 3.33. The Balaban J connectivity index is 2.73. The standard InChI is InChI=1S/C21H18ClF4NO5/c1-4-32-15(29)9-14(28)27-19-12(20(30)31-3)8-13(22)16(18(19)23)11-7-5-6-10(2)17(11)21(24,25)26/h5-8H,4,9H2,1-3H3,(H,27,28). The Morgan fingerprint density at radius 3 is 2.41 bits per heavy atom. The third-order valence-corrected chi connectivity index (χ3v) is 4.62. The molecule has 1 amide bonds. The first-order valence-electron chi connectivity index (χ1n) is 9.15. The number of anilines is 1. The maximum atomic E-state index is 15.5. The van der Waals surface area contributed by atoms with Crippen LogP contribution in [-0.4, -0.2) is 31.6 Å². The summed E-state index contributed by atoms with van der Waals surface area (Å²) in [6, 6.07) is 4.38. The predicted molar refractivity (Wildman–Crippen MR) is 108 cm³/mol. The molecule has 6 nitrogen and oxygen atoms in total. The largest absolute Gasteiger partial charge is 0.466 e. The fraction of sp³-hybridized carbons (Fsp3) is 0.286. The molecule has 172 valence electrons. The van der Waals surface area contributed by atoms with Crippen LogP contribution in [-0.2, 0) is 25.2 Å². The van der Waals surface area contributed by atoms with E-state index in [1.54, 1.807) is 0 Å². The predicted octanol–water partition coefficient (Wildman–Crippen LogP) is 5.15. The molecule has 0 aromatic heterocycles. The molecule has 0 radical (unpaired) electrons. The molecular formula is C21H18ClF4NO5. The smallest absolute Gasteiger partial charge is 0.417 e. The number of nitrogens with one attached hydrogen (secondary N) is 1. The zero-order valence-corrected chi connectivity index (χ0v) is 17.9. The second kappa shape index (κ2) is 9.99. The molecule has 0 heterocycles. The number of rotatable bonds is 6. The summed E-state index contributed by atoms with van der Waals surface area (Å²) in [4.78, 5) is 35.8. The highest BCUT2D eigenvalue weighted by molar-refractivity contribution is 6.34.